The number of nitrogens with zero attached hydrogens (tertiary/aromatic N) is 1. The molecular weight excluding hydrogens is 270 g/mol. The third kappa shape index (κ3) is 1.34. The number of aromatic nitrogens is 1. The van der Waals surface area contributed by atoms with Gasteiger partial charge in [0, 0.05) is 0 Å². The topological polar surface area (TPSA) is 43.1 Å². The summed E-state index contributed by atoms with van der Waals surface area (Å²) in [6.45, 7) is 0. The molecule has 0 fully saturated rings. The van der Waals surface area contributed by atoms with Crippen molar-refractivity contribution in [2.45, 2.75) is 0 Å². The number of para-hydroxylation sites is 1. The summed E-state index contributed by atoms with van der Waals surface area (Å²) in [5, 5.41) is 0.556. The third-order valence-corrected chi connectivity index (χ3v) is 2.83. The second-order valence-electron chi connectivity index (χ2n) is 3.41. The summed E-state index contributed by atoms with van der Waals surface area (Å²) in [5.41, 5.74) is 1.35. The molecule has 1 aromatic carbocycles. The first-order valence-corrected chi connectivity index (χ1v) is 5.53. The Labute approximate surface area is 98.8 Å². The van der Waals surface area contributed by atoms with Crippen LogP contribution in [0.2, 0.25) is 0 Å². The lowest BCUT2D eigenvalue weighted by molar-refractivity contribution is 0.658. The standard InChI is InChI=1S/C12H6BrNO2/c13-10-6-5-9-11(14-10)12(15)7-3-1-2-4-8(7)16-9/h1-6H. The Balaban J connectivity index is 2.61. The monoisotopic (exact) mass is 275 g/mol. The van der Waals surface area contributed by atoms with Crippen LogP contribution >= 0.6 is 15.9 Å². The Kier molecular flexibility index (Phi) is 2.04. The number of rotatable bonds is 0. The van der Waals surface area contributed by atoms with E-state index in [4.69, 9.17) is 4.42 Å². The molecule has 3 rings (SSSR count). The molecule has 2 aromatic heterocycles. The molecule has 3 nitrogen and oxygen atoms in total. The van der Waals surface area contributed by atoms with Crippen LogP contribution in [0, 0.1) is 0 Å². The lowest BCUT2D eigenvalue weighted by atomic mass is 10.2. The molecule has 4 heteroatoms. The van der Waals surface area contributed by atoms with Crippen LogP contribution in [-0.2, 0) is 0 Å². The quantitative estimate of drug-likeness (QED) is 0.468. The van der Waals surface area contributed by atoms with Gasteiger partial charge < -0.3 is 4.42 Å². The Morgan fingerprint density at radius 1 is 1.06 bits per heavy atom. The molecule has 78 valence electrons. The Hall–Kier alpha value is -1.68. The van der Waals surface area contributed by atoms with E-state index in [0.29, 0.717) is 26.7 Å². The van der Waals surface area contributed by atoms with Crippen molar-refractivity contribution in [2.75, 3.05) is 0 Å². The summed E-state index contributed by atoms with van der Waals surface area (Å²) < 4.78 is 6.23. The molecule has 0 radical (unpaired) electrons. The molecule has 0 bridgehead atoms. The molecule has 0 N–H and O–H groups in total. The number of fused-ring (bicyclic) bond motifs is 2. The van der Waals surface area contributed by atoms with Gasteiger partial charge in [0.1, 0.15) is 10.2 Å². The molecule has 0 saturated heterocycles. The molecule has 0 atom stereocenters. The molecule has 3 aromatic rings. The van der Waals surface area contributed by atoms with E-state index in [1.807, 2.05) is 12.1 Å². The van der Waals surface area contributed by atoms with E-state index in [9.17, 15) is 4.79 Å². The van der Waals surface area contributed by atoms with Crippen molar-refractivity contribution in [3.63, 3.8) is 0 Å². The van der Waals surface area contributed by atoms with Crippen molar-refractivity contribution >= 4 is 38.0 Å². The summed E-state index contributed by atoms with van der Waals surface area (Å²) in [6, 6.07) is 10.6. The number of benzene rings is 1. The van der Waals surface area contributed by atoms with Gasteiger partial charge in [0.25, 0.3) is 0 Å². The number of hydrogen-bond donors (Lipinski definition) is 0. The van der Waals surface area contributed by atoms with Gasteiger partial charge in [-0.3, -0.25) is 4.79 Å². The fraction of sp³-hybridized carbons (Fsp3) is 0. The van der Waals surface area contributed by atoms with E-state index < -0.39 is 0 Å². The minimum absolute atomic E-state index is 0.0989. The van der Waals surface area contributed by atoms with Gasteiger partial charge in [-0.2, -0.15) is 0 Å². The van der Waals surface area contributed by atoms with E-state index in [1.165, 1.54) is 0 Å². The zero-order valence-electron chi connectivity index (χ0n) is 8.11. The van der Waals surface area contributed by atoms with Crippen LogP contribution in [0.4, 0.5) is 0 Å². The predicted octanol–water partition coefficient (Wildman–Crippen LogP) is 3.10. The van der Waals surface area contributed by atoms with Crippen LogP contribution in [-0.4, -0.2) is 4.98 Å². The first kappa shape index (κ1) is 9.54. The van der Waals surface area contributed by atoms with Crippen molar-refractivity contribution in [1.29, 1.82) is 0 Å². The van der Waals surface area contributed by atoms with Gasteiger partial charge in [0.05, 0.1) is 5.39 Å². The molecule has 0 aliphatic carbocycles. The van der Waals surface area contributed by atoms with E-state index in [0.717, 1.165) is 0 Å². The van der Waals surface area contributed by atoms with Crippen LogP contribution in [0.1, 0.15) is 0 Å². The van der Waals surface area contributed by atoms with E-state index in [2.05, 4.69) is 20.9 Å². The van der Waals surface area contributed by atoms with Crippen LogP contribution in [0.15, 0.2) is 50.2 Å². The minimum Gasteiger partial charge on any atom is -0.454 e. The summed E-state index contributed by atoms with van der Waals surface area (Å²) in [5.74, 6) is 0. The van der Waals surface area contributed by atoms with Crippen molar-refractivity contribution in [1.82, 2.24) is 4.98 Å². The smallest absolute Gasteiger partial charge is 0.218 e. The highest BCUT2D eigenvalue weighted by Gasteiger charge is 2.08. The normalized spacial score (nSPS) is 11.1. The zero-order chi connectivity index (χ0) is 11.1. The van der Waals surface area contributed by atoms with E-state index >= 15 is 0 Å². The van der Waals surface area contributed by atoms with Crippen molar-refractivity contribution < 1.29 is 4.42 Å². The van der Waals surface area contributed by atoms with E-state index in [-0.39, 0.29) is 5.43 Å². The van der Waals surface area contributed by atoms with Gasteiger partial charge in [-0.25, -0.2) is 4.98 Å². The highest BCUT2D eigenvalue weighted by Crippen LogP contribution is 2.18. The minimum atomic E-state index is -0.0989. The van der Waals surface area contributed by atoms with E-state index in [1.54, 1.807) is 24.3 Å². The van der Waals surface area contributed by atoms with Gasteiger partial charge in [-0.15, -0.1) is 0 Å². The lowest BCUT2D eigenvalue weighted by Gasteiger charge is -2.00. The first-order chi connectivity index (χ1) is 7.75. The summed E-state index contributed by atoms with van der Waals surface area (Å²) >= 11 is 3.24. The summed E-state index contributed by atoms with van der Waals surface area (Å²) in [7, 11) is 0. The Bertz CT molecular complexity index is 749. The summed E-state index contributed by atoms with van der Waals surface area (Å²) in [4.78, 5) is 16.2. The fourth-order valence-corrected chi connectivity index (χ4v) is 1.97. The molecule has 0 aliphatic heterocycles. The lowest BCUT2D eigenvalue weighted by Crippen LogP contribution is -2.03. The molecule has 0 amide bonds. The SMILES string of the molecule is O=c1c2ccccc2oc2ccc(Br)nc12. The molecule has 2 heterocycles. The van der Waals surface area contributed by atoms with Crippen LogP contribution in [0.5, 0.6) is 0 Å². The van der Waals surface area contributed by atoms with Gasteiger partial charge in [-0.1, -0.05) is 12.1 Å². The van der Waals surface area contributed by atoms with Crippen molar-refractivity contribution in [3.8, 4) is 0 Å². The maximum Gasteiger partial charge on any atom is 0.218 e. The van der Waals surface area contributed by atoms with Crippen LogP contribution in [0.3, 0.4) is 0 Å². The summed E-state index contributed by atoms with van der Waals surface area (Å²) in [6.07, 6.45) is 0. The number of halogens is 1. The predicted molar refractivity (Wildman–Crippen MR) is 65.5 cm³/mol. The van der Waals surface area contributed by atoms with Crippen LogP contribution in [0.25, 0.3) is 22.1 Å². The highest BCUT2D eigenvalue weighted by atomic mass is 79.9. The Morgan fingerprint density at radius 3 is 2.75 bits per heavy atom. The number of hydrogen-bond acceptors (Lipinski definition) is 3. The largest absolute Gasteiger partial charge is 0.454 e. The second kappa shape index (κ2) is 3.42. The van der Waals surface area contributed by atoms with Gasteiger partial charge in [-0.05, 0) is 40.2 Å². The third-order valence-electron chi connectivity index (χ3n) is 2.39. The van der Waals surface area contributed by atoms with Crippen molar-refractivity contribution in [2.24, 2.45) is 0 Å². The maximum absolute atomic E-state index is 12.1. The first-order valence-electron chi connectivity index (χ1n) is 4.74. The number of pyridine rings is 1. The van der Waals surface area contributed by atoms with Gasteiger partial charge >= 0.3 is 0 Å². The van der Waals surface area contributed by atoms with Crippen molar-refractivity contribution in [3.05, 3.63) is 51.2 Å². The fourth-order valence-electron chi connectivity index (χ4n) is 1.66. The highest BCUT2D eigenvalue weighted by molar-refractivity contribution is 9.10. The average molecular weight is 276 g/mol. The second-order valence-corrected chi connectivity index (χ2v) is 4.22. The molecule has 16 heavy (non-hydrogen) atoms. The average Bonchev–Trinajstić information content (AvgIpc) is 2.31. The molecular formula is C12H6BrNO2. The van der Waals surface area contributed by atoms with Gasteiger partial charge in [0.15, 0.2) is 11.1 Å². The zero-order valence-corrected chi connectivity index (χ0v) is 9.69. The molecule has 0 unspecified atom stereocenters. The molecule has 0 spiro atoms. The van der Waals surface area contributed by atoms with Crippen LogP contribution < -0.4 is 5.43 Å². The molecule has 0 saturated carbocycles. The Morgan fingerprint density at radius 2 is 1.88 bits per heavy atom. The maximum atomic E-state index is 12.1. The van der Waals surface area contributed by atoms with Gasteiger partial charge in [0.2, 0.25) is 5.43 Å². The molecule has 0 aliphatic rings.